The van der Waals surface area contributed by atoms with E-state index in [0.29, 0.717) is 11.8 Å². The van der Waals surface area contributed by atoms with Crippen LogP contribution < -0.4 is 20.9 Å². The third-order valence-electron chi connectivity index (χ3n) is 6.74. The highest BCUT2D eigenvalue weighted by molar-refractivity contribution is 5.92. The molecule has 3 aromatic rings. The van der Waals surface area contributed by atoms with E-state index in [1.807, 2.05) is 43.3 Å². The highest BCUT2D eigenvalue weighted by Gasteiger charge is 2.21. The lowest BCUT2D eigenvalue weighted by Crippen LogP contribution is -2.30. The first-order valence-corrected chi connectivity index (χ1v) is 12.7. The molecule has 1 saturated heterocycles. The number of piperidine rings is 1. The zero-order valence-corrected chi connectivity index (χ0v) is 20.3. The van der Waals surface area contributed by atoms with Crippen LogP contribution in [0, 0.1) is 12.8 Å². The molecule has 9 heteroatoms. The third-order valence-corrected chi connectivity index (χ3v) is 6.74. The van der Waals surface area contributed by atoms with Crippen molar-refractivity contribution >= 4 is 40.7 Å². The highest BCUT2D eigenvalue weighted by atomic mass is 16.1. The Labute approximate surface area is 206 Å². The molecule has 0 unspecified atom stereocenters. The van der Waals surface area contributed by atoms with Gasteiger partial charge in [0.15, 0.2) is 5.82 Å². The molecule has 184 valence electrons. The molecule has 0 bridgehead atoms. The fraction of sp³-hybridized carbons (Fsp3) is 0.462. The maximum Gasteiger partial charge on any atom is 0.231 e. The molecular formula is C26H34N8O. The topological polar surface area (TPSA) is 111 Å². The van der Waals surface area contributed by atoms with E-state index in [-0.39, 0.29) is 11.8 Å². The number of rotatable bonds is 7. The number of H-pyrrole nitrogens is 1. The van der Waals surface area contributed by atoms with Crippen LogP contribution in [0.2, 0.25) is 0 Å². The summed E-state index contributed by atoms with van der Waals surface area (Å²) < 4.78 is 0. The molecule has 1 aliphatic carbocycles. The quantitative estimate of drug-likeness (QED) is 0.358. The highest BCUT2D eigenvalue weighted by Crippen LogP contribution is 2.27. The zero-order chi connectivity index (χ0) is 24.0. The monoisotopic (exact) mass is 474 g/mol. The van der Waals surface area contributed by atoms with E-state index < -0.39 is 0 Å². The molecule has 2 fully saturated rings. The zero-order valence-electron chi connectivity index (χ0n) is 20.3. The lowest BCUT2D eigenvalue weighted by atomic mass is 9.88. The minimum Gasteiger partial charge on any atom is -0.356 e. The summed E-state index contributed by atoms with van der Waals surface area (Å²) in [4.78, 5) is 24.3. The van der Waals surface area contributed by atoms with Crippen LogP contribution in [0.5, 0.6) is 0 Å². The molecule has 1 amide bonds. The van der Waals surface area contributed by atoms with E-state index in [1.54, 1.807) is 0 Å². The van der Waals surface area contributed by atoms with Crippen molar-refractivity contribution in [3.05, 3.63) is 42.1 Å². The molecule has 0 spiro atoms. The Hall–Kier alpha value is -3.62. The first-order chi connectivity index (χ1) is 17.1. The number of carbonyl (C=O) groups is 1. The lowest BCUT2D eigenvalue weighted by Gasteiger charge is -2.28. The van der Waals surface area contributed by atoms with E-state index >= 15 is 0 Å². The summed E-state index contributed by atoms with van der Waals surface area (Å²) in [5.74, 6) is 3.08. The van der Waals surface area contributed by atoms with Crippen LogP contribution in [0.25, 0.3) is 0 Å². The van der Waals surface area contributed by atoms with Gasteiger partial charge in [-0.25, -0.2) is 0 Å². The van der Waals surface area contributed by atoms with Crippen LogP contribution in [0.3, 0.4) is 0 Å². The number of carbonyl (C=O) groups excluding carboxylic acids is 1. The minimum atomic E-state index is 0.132. The van der Waals surface area contributed by atoms with Gasteiger partial charge in [0.2, 0.25) is 11.9 Å². The van der Waals surface area contributed by atoms with E-state index in [2.05, 4.69) is 36.0 Å². The van der Waals surface area contributed by atoms with Gasteiger partial charge >= 0.3 is 0 Å². The number of aromatic amines is 1. The van der Waals surface area contributed by atoms with Gasteiger partial charge in [-0.15, -0.1) is 0 Å². The van der Waals surface area contributed by atoms with Crippen LogP contribution in [0.4, 0.5) is 34.8 Å². The number of aromatic nitrogens is 4. The largest absolute Gasteiger partial charge is 0.356 e. The maximum atomic E-state index is 12.6. The Morgan fingerprint density at radius 2 is 1.60 bits per heavy atom. The normalized spacial score (nSPS) is 16.7. The number of amides is 1. The number of hydrogen-bond donors (Lipinski definition) is 4. The fourth-order valence-corrected chi connectivity index (χ4v) is 4.83. The van der Waals surface area contributed by atoms with E-state index in [1.165, 1.54) is 25.7 Å². The van der Waals surface area contributed by atoms with Crippen molar-refractivity contribution in [2.24, 2.45) is 5.92 Å². The van der Waals surface area contributed by atoms with Crippen LogP contribution >= 0.6 is 0 Å². The fourth-order valence-electron chi connectivity index (χ4n) is 4.83. The number of nitrogens with one attached hydrogen (secondary N) is 4. The number of benzene rings is 1. The van der Waals surface area contributed by atoms with E-state index in [9.17, 15) is 4.79 Å². The number of aryl methyl sites for hydroxylation is 1. The van der Waals surface area contributed by atoms with Gasteiger partial charge in [-0.3, -0.25) is 9.89 Å². The molecule has 1 saturated carbocycles. The van der Waals surface area contributed by atoms with E-state index in [0.717, 1.165) is 67.5 Å². The molecule has 2 aromatic heterocycles. The molecule has 0 atom stereocenters. The summed E-state index contributed by atoms with van der Waals surface area (Å²) in [7, 11) is 0. The summed E-state index contributed by atoms with van der Waals surface area (Å²) in [6, 6.07) is 11.6. The summed E-state index contributed by atoms with van der Waals surface area (Å²) in [6.07, 6.45) is 9.11. The number of nitrogens with zero attached hydrogens (tertiary/aromatic N) is 4. The smallest absolute Gasteiger partial charge is 0.231 e. The Balaban J connectivity index is 1.30. The molecule has 5 rings (SSSR count). The maximum absolute atomic E-state index is 12.6. The van der Waals surface area contributed by atoms with Crippen molar-refractivity contribution in [1.29, 1.82) is 0 Å². The van der Waals surface area contributed by atoms with Crippen molar-refractivity contribution < 1.29 is 4.79 Å². The summed E-state index contributed by atoms with van der Waals surface area (Å²) >= 11 is 0. The van der Waals surface area contributed by atoms with Gasteiger partial charge < -0.3 is 20.9 Å². The average molecular weight is 475 g/mol. The average Bonchev–Trinajstić information content (AvgIpc) is 3.30. The molecule has 9 nitrogen and oxygen atoms in total. The second-order valence-electron chi connectivity index (χ2n) is 9.57. The van der Waals surface area contributed by atoms with Gasteiger partial charge in [0, 0.05) is 48.2 Å². The Morgan fingerprint density at radius 1 is 0.886 bits per heavy atom. The van der Waals surface area contributed by atoms with Gasteiger partial charge in [-0.05, 0) is 63.3 Å². The standard InChI is InChI=1S/C26H34N8O/c1-18-16-23(33-32-18)29-22-17-24(34-14-6-3-7-15-34)31-26(30-22)28-21-12-10-20(11-13-21)27-25(35)19-8-4-2-5-9-19/h10-13,16-17,19H,2-9,14-15H2,1H3,(H,27,35)(H3,28,29,30,31,32,33). The van der Waals surface area contributed by atoms with Crippen molar-refractivity contribution in [2.45, 2.75) is 58.3 Å². The lowest BCUT2D eigenvalue weighted by molar-refractivity contribution is -0.120. The first-order valence-electron chi connectivity index (χ1n) is 12.7. The summed E-state index contributed by atoms with van der Waals surface area (Å²) in [5, 5.41) is 16.9. The van der Waals surface area contributed by atoms with Gasteiger partial charge in [-0.2, -0.15) is 15.1 Å². The van der Waals surface area contributed by atoms with Gasteiger partial charge in [0.1, 0.15) is 11.6 Å². The second-order valence-corrected chi connectivity index (χ2v) is 9.57. The molecule has 3 heterocycles. The van der Waals surface area contributed by atoms with Crippen LogP contribution in [0.15, 0.2) is 36.4 Å². The first kappa shape index (κ1) is 23.1. The molecule has 0 radical (unpaired) electrons. The Bertz CT molecular complexity index is 1130. The van der Waals surface area contributed by atoms with Crippen LogP contribution in [-0.4, -0.2) is 39.2 Å². The Kier molecular flexibility index (Phi) is 7.11. The molecule has 35 heavy (non-hydrogen) atoms. The molecule has 1 aromatic carbocycles. The van der Waals surface area contributed by atoms with Crippen molar-refractivity contribution in [3.63, 3.8) is 0 Å². The van der Waals surface area contributed by atoms with Crippen LogP contribution in [-0.2, 0) is 4.79 Å². The minimum absolute atomic E-state index is 0.132. The molecule has 1 aliphatic heterocycles. The summed E-state index contributed by atoms with van der Waals surface area (Å²) in [6.45, 7) is 3.95. The number of hydrogen-bond acceptors (Lipinski definition) is 7. The van der Waals surface area contributed by atoms with Gasteiger partial charge in [-0.1, -0.05) is 19.3 Å². The van der Waals surface area contributed by atoms with Crippen molar-refractivity contribution in [2.75, 3.05) is 33.9 Å². The number of anilines is 6. The third kappa shape index (κ3) is 6.09. The van der Waals surface area contributed by atoms with Crippen molar-refractivity contribution in [3.8, 4) is 0 Å². The van der Waals surface area contributed by atoms with E-state index in [4.69, 9.17) is 4.98 Å². The second kappa shape index (κ2) is 10.8. The SMILES string of the molecule is Cc1cc(Nc2cc(N3CCCCC3)nc(Nc3ccc(NC(=O)C4CCCCC4)cc3)n2)n[nH]1. The predicted molar refractivity (Wildman–Crippen MR) is 140 cm³/mol. The molecular weight excluding hydrogens is 440 g/mol. The molecule has 2 aliphatic rings. The predicted octanol–water partition coefficient (Wildman–Crippen LogP) is 5.50. The van der Waals surface area contributed by atoms with Gasteiger partial charge in [0.25, 0.3) is 0 Å². The summed E-state index contributed by atoms with van der Waals surface area (Å²) in [5.41, 5.74) is 2.65. The van der Waals surface area contributed by atoms with Crippen molar-refractivity contribution in [1.82, 2.24) is 20.2 Å². The van der Waals surface area contributed by atoms with Crippen LogP contribution in [0.1, 0.15) is 57.1 Å². The van der Waals surface area contributed by atoms with Gasteiger partial charge in [0.05, 0.1) is 0 Å². The molecule has 4 N–H and O–H groups in total. The Morgan fingerprint density at radius 3 is 2.31 bits per heavy atom.